The normalized spacial score (nSPS) is 16.6. The Hall–Kier alpha value is -0.670. The molecule has 3 unspecified atom stereocenters. The van der Waals surface area contributed by atoms with Crippen LogP contribution < -0.4 is 5.32 Å². The van der Waals surface area contributed by atoms with Gasteiger partial charge in [-0.25, -0.2) is 0 Å². The van der Waals surface area contributed by atoms with Gasteiger partial charge in [-0.2, -0.15) is 0 Å². The minimum absolute atomic E-state index is 0.130. The van der Waals surface area contributed by atoms with Crippen molar-refractivity contribution in [3.05, 3.63) is 29.8 Å². The molecule has 0 aromatic heterocycles. The van der Waals surface area contributed by atoms with E-state index < -0.39 is 10.8 Å². The molecule has 0 heterocycles. The highest BCUT2D eigenvalue weighted by atomic mass is 32.2. The van der Waals surface area contributed by atoms with Gasteiger partial charge in [0.1, 0.15) is 0 Å². The monoisotopic (exact) mass is 267 g/mol. The zero-order valence-electron chi connectivity index (χ0n) is 12.1. The van der Waals surface area contributed by atoms with Crippen LogP contribution in [0, 0.1) is 0 Å². The molecule has 1 aromatic rings. The molecule has 3 heteroatoms. The van der Waals surface area contributed by atoms with Crippen LogP contribution in [0.4, 0.5) is 0 Å². The van der Waals surface area contributed by atoms with E-state index in [0.717, 1.165) is 11.3 Å². The smallest absolute Gasteiger partial charge is 0.0573 e. The topological polar surface area (TPSA) is 29.1 Å². The van der Waals surface area contributed by atoms with E-state index >= 15 is 0 Å². The molecule has 0 radical (unpaired) electrons. The van der Waals surface area contributed by atoms with E-state index in [-0.39, 0.29) is 5.25 Å². The average Bonchev–Trinajstić information content (AvgIpc) is 2.39. The van der Waals surface area contributed by atoms with Crippen LogP contribution in [0.1, 0.15) is 45.6 Å². The van der Waals surface area contributed by atoms with E-state index in [0.29, 0.717) is 12.0 Å². The molecule has 0 spiro atoms. The van der Waals surface area contributed by atoms with Crippen molar-refractivity contribution in [2.24, 2.45) is 0 Å². The molecule has 1 N–H and O–H groups in total. The molecule has 102 valence electrons. The third-order valence-corrected chi connectivity index (χ3v) is 5.23. The van der Waals surface area contributed by atoms with Gasteiger partial charge in [-0.1, -0.05) is 32.9 Å². The fourth-order valence-electron chi connectivity index (χ4n) is 2.12. The summed E-state index contributed by atoms with van der Waals surface area (Å²) in [5.41, 5.74) is 1.30. The zero-order valence-corrected chi connectivity index (χ0v) is 12.9. The molecule has 0 bridgehead atoms. The first-order valence-electron chi connectivity index (χ1n) is 6.69. The fraction of sp³-hybridized carbons (Fsp3) is 0.600. The van der Waals surface area contributed by atoms with Crippen LogP contribution in [0.15, 0.2) is 29.2 Å². The Morgan fingerprint density at radius 3 is 2.11 bits per heavy atom. The Labute approximate surface area is 114 Å². The quantitative estimate of drug-likeness (QED) is 0.857. The SMILES string of the molecule is CCC(NC)C(C)S(=O)c1ccc(C(C)C)cc1. The summed E-state index contributed by atoms with van der Waals surface area (Å²) in [6.07, 6.45) is 0.994. The Morgan fingerprint density at radius 1 is 1.17 bits per heavy atom. The van der Waals surface area contributed by atoms with E-state index in [1.165, 1.54) is 5.56 Å². The molecule has 3 atom stereocenters. The van der Waals surface area contributed by atoms with Crippen molar-refractivity contribution in [3.8, 4) is 0 Å². The molecular formula is C15H25NOS. The van der Waals surface area contributed by atoms with Gasteiger partial charge in [-0.15, -0.1) is 0 Å². The van der Waals surface area contributed by atoms with Gasteiger partial charge < -0.3 is 5.32 Å². The second kappa shape index (κ2) is 7.05. The summed E-state index contributed by atoms with van der Waals surface area (Å²) in [6.45, 7) is 8.51. The maximum atomic E-state index is 12.5. The Morgan fingerprint density at radius 2 is 1.72 bits per heavy atom. The first kappa shape index (κ1) is 15.4. The number of nitrogens with one attached hydrogen (secondary N) is 1. The Kier molecular flexibility index (Phi) is 6.03. The van der Waals surface area contributed by atoms with Crippen molar-refractivity contribution >= 4 is 10.8 Å². The first-order chi connectivity index (χ1) is 8.51. The minimum atomic E-state index is -0.942. The summed E-state index contributed by atoms with van der Waals surface area (Å²) in [5.74, 6) is 0.519. The predicted octanol–water partition coefficient (Wildman–Crippen LogP) is 3.30. The second-order valence-corrected chi connectivity index (χ2v) is 6.84. The van der Waals surface area contributed by atoms with Crippen molar-refractivity contribution in [1.82, 2.24) is 5.32 Å². The predicted molar refractivity (Wildman–Crippen MR) is 79.5 cm³/mol. The van der Waals surface area contributed by atoms with Crippen LogP contribution in [0.5, 0.6) is 0 Å². The van der Waals surface area contributed by atoms with E-state index in [1.807, 2.05) is 19.2 Å². The summed E-state index contributed by atoms with van der Waals surface area (Å²) in [6, 6.07) is 8.49. The first-order valence-corrected chi connectivity index (χ1v) is 7.90. The summed E-state index contributed by atoms with van der Waals surface area (Å²) in [4.78, 5) is 0.931. The molecule has 1 aromatic carbocycles. The summed E-state index contributed by atoms with van der Waals surface area (Å²) >= 11 is 0. The molecule has 0 fully saturated rings. The maximum absolute atomic E-state index is 12.5. The standard InChI is InChI=1S/C15H25NOS/c1-6-15(16-5)12(4)18(17)14-9-7-13(8-10-14)11(2)3/h7-12,15-16H,6H2,1-5H3. The van der Waals surface area contributed by atoms with Crippen LogP contribution in [-0.4, -0.2) is 22.5 Å². The maximum Gasteiger partial charge on any atom is 0.0573 e. The van der Waals surface area contributed by atoms with Crippen molar-refractivity contribution in [3.63, 3.8) is 0 Å². The van der Waals surface area contributed by atoms with Crippen molar-refractivity contribution in [2.45, 2.75) is 56.2 Å². The molecule has 0 saturated heterocycles. The second-order valence-electron chi connectivity index (χ2n) is 5.03. The summed E-state index contributed by atoms with van der Waals surface area (Å²) < 4.78 is 12.5. The molecule has 0 amide bonds. The van der Waals surface area contributed by atoms with Gasteiger partial charge in [0, 0.05) is 10.9 Å². The van der Waals surface area contributed by atoms with E-state index in [2.05, 4.69) is 45.1 Å². The van der Waals surface area contributed by atoms with Gasteiger partial charge in [-0.3, -0.25) is 4.21 Å². The summed E-state index contributed by atoms with van der Waals surface area (Å²) in [5, 5.41) is 3.37. The highest BCUT2D eigenvalue weighted by Gasteiger charge is 2.21. The Bertz CT molecular complexity index is 382. The molecular weight excluding hydrogens is 242 g/mol. The van der Waals surface area contributed by atoms with Crippen molar-refractivity contribution in [1.29, 1.82) is 0 Å². The van der Waals surface area contributed by atoms with E-state index in [4.69, 9.17) is 0 Å². The third-order valence-electron chi connectivity index (χ3n) is 3.49. The van der Waals surface area contributed by atoms with Gasteiger partial charge in [-0.05, 0) is 44.0 Å². The van der Waals surface area contributed by atoms with Crippen LogP contribution in [-0.2, 0) is 10.8 Å². The van der Waals surface area contributed by atoms with E-state index in [9.17, 15) is 4.21 Å². The van der Waals surface area contributed by atoms with Gasteiger partial charge in [0.05, 0.1) is 16.0 Å². The molecule has 0 saturated carbocycles. The lowest BCUT2D eigenvalue weighted by molar-refractivity contribution is 0.529. The molecule has 0 aliphatic heterocycles. The van der Waals surface area contributed by atoms with Gasteiger partial charge in [0.2, 0.25) is 0 Å². The molecule has 0 aliphatic carbocycles. The van der Waals surface area contributed by atoms with Crippen LogP contribution in [0.2, 0.25) is 0 Å². The van der Waals surface area contributed by atoms with Gasteiger partial charge in [0.15, 0.2) is 0 Å². The average molecular weight is 267 g/mol. The lowest BCUT2D eigenvalue weighted by Gasteiger charge is -2.21. The Balaban J connectivity index is 2.83. The van der Waals surface area contributed by atoms with Crippen LogP contribution in [0.25, 0.3) is 0 Å². The lowest BCUT2D eigenvalue weighted by atomic mass is 10.0. The number of hydrogen-bond acceptors (Lipinski definition) is 2. The number of hydrogen-bond donors (Lipinski definition) is 1. The molecule has 2 nitrogen and oxygen atoms in total. The van der Waals surface area contributed by atoms with Gasteiger partial charge in [0.25, 0.3) is 0 Å². The highest BCUT2D eigenvalue weighted by molar-refractivity contribution is 7.85. The zero-order chi connectivity index (χ0) is 13.7. The van der Waals surface area contributed by atoms with Crippen molar-refractivity contribution in [2.75, 3.05) is 7.05 Å². The van der Waals surface area contributed by atoms with Crippen LogP contribution >= 0.6 is 0 Å². The molecule has 1 rings (SSSR count). The third kappa shape index (κ3) is 3.66. The minimum Gasteiger partial charge on any atom is -0.316 e. The fourth-order valence-corrected chi connectivity index (χ4v) is 3.58. The number of benzene rings is 1. The molecule has 18 heavy (non-hydrogen) atoms. The molecule has 0 aliphatic rings. The largest absolute Gasteiger partial charge is 0.316 e. The summed E-state index contributed by atoms with van der Waals surface area (Å²) in [7, 11) is 0.992. The van der Waals surface area contributed by atoms with E-state index in [1.54, 1.807) is 0 Å². The lowest BCUT2D eigenvalue weighted by Crippen LogP contribution is -2.37. The number of rotatable bonds is 6. The highest BCUT2D eigenvalue weighted by Crippen LogP contribution is 2.19. The van der Waals surface area contributed by atoms with Crippen LogP contribution in [0.3, 0.4) is 0 Å². The van der Waals surface area contributed by atoms with Gasteiger partial charge >= 0.3 is 0 Å². The van der Waals surface area contributed by atoms with Crippen molar-refractivity contribution < 1.29 is 4.21 Å².